The van der Waals surface area contributed by atoms with Crippen LogP contribution in [0.15, 0.2) is 48.5 Å². The molecule has 0 aliphatic rings. The Bertz CT molecular complexity index is 1030. The standard InChI is InChI=1S/C22H18O6/c1-11-9-13(3-7-17(11)23)19-15(21(25)26)5-6-16(22(27)28)20(19)14-4-8-18(24)12(2)10-14/h3-10,23-24H,1-2H3,(H,25,26)(H,27,28). The fourth-order valence-corrected chi connectivity index (χ4v) is 3.18. The minimum atomic E-state index is -1.20. The van der Waals surface area contributed by atoms with Crippen LogP contribution in [0.5, 0.6) is 11.5 Å². The predicted molar refractivity (Wildman–Crippen MR) is 104 cm³/mol. The van der Waals surface area contributed by atoms with E-state index >= 15 is 0 Å². The van der Waals surface area contributed by atoms with E-state index in [0.29, 0.717) is 22.3 Å². The van der Waals surface area contributed by atoms with Crippen LogP contribution in [0.2, 0.25) is 0 Å². The molecule has 0 saturated heterocycles. The lowest BCUT2D eigenvalue weighted by atomic mass is 9.86. The van der Waals surface area contributed by atoms with Gasteiger partial charge in [-0.15, -0.1) is 0 Å². The quantitative estimate of drug-likeness (QED) is 0.533. The largest absolute Gasteiger partial charge is 0.508 e. The fourth-order valence-electron chi connectivity index (χ4n) is 3.18. The molecule has 3 aromatic carbocycles. The minimum absolute atomic E-state index is 0.0528. The van der Waals surface area contributed by atoms with Crippen molar-refractivity contribution in [2.24, 2.45) is 0 Å². The van der Waals surface area contributed by atoms with Gasteiger partial charge in [-0.3, -0.25) is 0 Å². The van der Waals surface area contributed by atoms with E-state index in [1.807, 2.05) is 0 Å². The topological polar surface area (TPSA) is 115 Å². The number of hydrogen-bond acceptors (Lipinski definition) is 4. The molecule has 0 atom stereocenters. The zero-order valence-corrected chi connectivity index (χ0v) is 15.2. The Hall–Kier alpha value is -3.80. The van der Waals surface area contributed by atoms with Crippen molar-refractivity contribution in [3.8, 4) is 33.8 Å². The van der Waals surface area contributed by atoms with Crippen LogP contribution in [0.3, 0.4) is 0 Å². The highest BCUT2D eigenvalue weighted by Crippen LogP contribution is 2.40. The molecule has 0 amide bonds. The second-order valence-corrected chi connectivity index (χ2v) is 6.52. The molecule has 0 bridgehead atoms. The number of carboxylic acid groups (broad SMARTS) is 2. The van der Waals surface area contributed by atoms with Gasteiger partial charge in [-0.25, -0.2) is 9.59 Å². The summed E-state index contributed by atoms with van der Waals surface area (Å²) in [7, 11) is 0. The number of rotatable bonds is 4. The Morgan fingerprint density at radius 1 is 0.643 bits per heavy atom. The number of carboxylic acids is 2. The number of aromatic carboxylic acids is 2. The van der Waals surface area contributed by atoms with E-state index in [9.17, 15) is 30.0 Å². The van der Waals surface area contributed by atoms with Gasteiger partial charge in [-0.2, -0.15) is 0 Å². The average Bonchev–Trinajstić information content (AvgIpc) is 2.65. The van der Waals surface area contributed by atoms with Crippen LogP contribution in [-0.2, 0) is 0 Å². The first kappa shape index (κ1) is 19.0. The average molecular weight is 378 g/mol. The Morgan fingerprint density at radius 2 is 1.00 bits per heavy atom. The zero-order chi connectivity index (χ0) is 20.6. The van der Waals surface area contributed by atoms with E-state index in [0.717, 1.165) is 0 Å². The number of benzene rings is 3. The third-order valence-corrected chi connectivity index (χ3v) is 4.64. The van der Waals surface area contributed by atoms with Crippen molar-refractivity contribution >= 4 is 11.9 Å². The van der Waals surface area contributed by atoms with E-state index in [-0.39, 0.29) is 33.8 Å². The summed E-state index contributed by atoms with van der Waals surface area (Å²) in [4.78, 5) is 23.8. The predicted octanol–water partition coefficient (Wildman–Crippen LogP) is 4.45. The highest BCUT2D eigenvalue weighted by Gasteiger charge is 2.24. The molecular formula is C22H18O6. The molecule has 0 heterocycles. The molecule has 0 aromatic heterocycles. The van der Waals surface area contributed by atoms with Crippen LogP contribution < -0.4 is 0 Å². The first-order chi connectivity index (χ1) is 13.2. The molecule has 0 spiro atoms. The van der Waals surface area contributed by atoms with Gasteiger partial charge in [0.2, 0.25) is 0 Å². The van der Waals surface area contributed by atoms with E-state index in [4.69, 9.17) is 0 Å². The molecule has 0 saturated carbocycles. The Balaban J connectivity index is 2.47. The summed E-state index contributed by atoms with van der Waals surface area (Å²) in [6.45, 7) is 3.34. The van der Waals surface area contributed by atoms with Gasteiger partial charge in [0.25, 0.3) is 0 Å². The van der Waals surface area contributed by atoms with Crippen molar-refractivity contribution in [2.75, 3.05) is 0 Å². The molecule has 0 radical (unpaired) electrons. The maximum Gasteiger partial charge on any atom is 0.336 e. The Labute approximate surface area is 161 Å². The fraction of sp³-hybridized carbons (Fsp3) is 0.0909. The number of phenols is 2. The minimum Gasteiger partial charge on any atom is -0.508 e. The van der Waals surface area contributed by atoms with Crippen molar-refractivity contribution in [1.82, 2.24) is 0 Å². The van der Waals surface area contributed by atoms with Crippen LogP contribution in [0.25, 0.3) is 22.3 Å². The molecule has 28 heavy (non-hydrogen) atoms. The molecule has 0 unspecified atom stereocenters. The number of phenolic OH excluding ortho intramolecular Hbond substituents is 2. The highest BCUT2D eigenvalue weighted by molar-refractivity contribution is 6.08. The molecule has 0 fully saturated rings. The third kappa shape index (κ3) is 3.27. The number of hydrogen-bond donors (Lipinski definition) is 4. The van der Waals surface area contributed by atoms with Crippen molar-refractivity contribution < 1.29 is 30.0 Å². The molecule has 0 aliphatic heterocycles. The van der Waals surface area contributed by atoms with E-state index < -0.39 is 11.9 Å². The van der Waals surface area contributed by atoms with Gasteiger partial charge >= 0.3 is 11.9 Å². The number of aromatic hydroxyl groups is 2. The lowest BCUT2D eigenvalue weighted by Crippen LogP contribution is -2.07. The summed E-state index contributed by atoms with van der Waals surface area (Å²) in [5.74, 6) is -2.29. The van der Waals surface area contributed by atoms with E-state index in [2.05, 4.69) is 0 Å². The Morgan fingerprint density at radius 3 is 1.29 bits per heavy atom. The molecule has 0 aliphatic carbocycles. The lowest BCUT2D eigenvalue weighted by Gasteiger charge is -2.17. The summed E-state index contributed by atoms with van der Waals surface area (Å²) in [5, 5.41) is 39.1. The number of aryl methyl sites for hydroxylation is 2. The molecule has 142 valence electrons. The monoisotopic (exact) mass is 378 g/mol. The van der Waals surface area contributed by atoms with Crippen molar-refractivity contribution in [1.29, 1.82) is 0 Å². The van der Waals surface area contributed by atoms with Gasteiger partial charge in [0, 0.05) is 11.1 Å². The van der Waals surface area contributed by atoms with E-state index in [1.165, 1.54) is 24.3 Å². The molecular weight excluding hydrogens is 360 g/mol. The first-order valence-electron chi connectivity index (χ1n) is 8.44. The van der Waals surface area contributed by atoms with Crippen LogP contribution >= 0.6 is 0 Å². The van der Waals surface area contributed by atoms with Crippen molar-refractivity contribution in [2.45, 2.75) is 13.8 Å². The van der Waals surface area contributed by atoms with Gasteiger partial charge in [-0.05, 0) is 72.5 Å². The van der Waals surface area contributed by atoms with Crippen LogP contribution in [0.4, 0.5) is 0 Å². The van der Waals surface area contributed by atoms with Crippen molar-refractivity contribution in [3.05, 3.63) is 70.8 Å². The number of carbonyl (C=O) groups is 2. The highest BCUT2D eigenvalue weighted by atomic mass is 16.4. The SMILES string of the molecule is Cc1cc(-c2c(C(=O)O)ccc(C(=O)O)c2-c2ccc(O)c(C)c2)ccc1O. The lowest BCUT2D eigenvalue weighted by molar-refractivity contribution is 0.0682. The molecule has 6 nitrogen and oxygen atoms in total. The van der Waals surface area contributed by atoms with Gasteiger partial charge in [0.15, 0.2) is 0 Å². The second kappa shape index (κ2) is 7.08. The van der Waals surface area contributed by atoms with E-state index in [1.54, 1.807) is 38.1 Å². The van der Waals surface area contributed by atoms with Crippen molar-refractivity contribution in [3.63, 3.8) is 0 Å². The molecule has 3 aromatic rings. The summed E-state index contributed by atoms with van der Waals surface area (Å²) in [5.41, 5.74) is 2.35. The van der Waals surface area contributed by atoms with Gasteiger partial charge < -0.3 is 20.4 Å². The summed E-state index contributed by atoms with van der Waals surface area (Å²) in [6.07, 6.45) is 0. The molecule has 4 N–H and O–H groups in total. The van der Waals surface area contributed by atoms with Gasteiger partial charge in [-0.1, -0.05) is 12.1 Å². The second-order valence-electron chi connectivity index (χ2n) is 6.52. The van der Waals surface area contributed by atoms with Gasteiger partial charge in [0.05, 0.1) is 11.1 Å². The summed E-state index contributed by atoms with van der Waals surface area (Å²) >= 11 is 0. The van der Waals surface area contributed by atoms with Crippen LogP contribution in [0.1, 0.15) is 31.8 Å². The van der Waals surface area contributed by atoms with Crippen LogP contribution in [0, 0.1) is 13.8 Å². The summed E-state index contributed by atoms with van der Waals surface area (Å²) in [6, 6.07) is 11.7. The zero-order valence-electron chi connectivity index (χ0n) is 15.2. The Kier molecular flexibility index (Phi) is 4.79. The molecule has 3 rings (SSSR count). The summed E-state index contributed by atoms with van der Waals surface area (Å²) < 4.78 is 0. The normalized spacial score (nSPS) is 10.6. The molecule has 6 heteroatoms. The first-order valence-corrected chi connectivity index (χ1v) is 8.44. The van der Waals surface area contributed by atoms with Crippen LogP contribution in [-0.4, -0.2) is 32.4 Å². The maximum absolute atomic E-state index is 11.9. The maximum atomic E-state index is 11.9. The van der Waals surface area contributed by atoms with Gasteiger partial charge in [0.1, 0.15) is 11.5 Å². The third-order valence-electron chi connectivity index (χ3n) is 4.64. The smallest absolute Gasteiger partial charge is 0.336 e.